The van der Waals surface area contributed by atoms with E-state index in [1.165, 1.54) is 23.1 Å². The molecule has 1 rings (SSSR count). The highest BCUT2D eigenvalue weighted by Crippen LogP contribution is 2.27. The Bertz CT molecular complexity index is 463. The van der Waals surface area contributed by atoms with Crippen LogP contribution in [0.2, 0.25) is 0 Å². The van der Waals surface area contributed by atoms with Gasteiger partial charge in [0.2, 0.25) is 0 Å². The molecule has 2 atom stereocenters. The van der Waals surface area contributed by atoms with Gasteiger partial charge in [-0.05, 0) is 24.0 Å². The van der Waals surface area contributed by atoms with Crippen LogP contribution in [-0.2, 0) is 0 Å². The molecule has 1 aromatic carbocycles. The lowest BCUT2D eigenvalue weighted by atomic mass is 9.89. The van der Waals surface area contributed by atoms with Crippen molar-refractivity contribution >= 4 is 0 Å². The minimum absolute atomic E-state index is 0.421. The molecule has 0 spiro atoms. The van der Waals surface area contributed by atoms with Crippen LogP contribution < -0.4 is 0 Å². The summed E-state index contributed by atoms with van der Waals surface area (Å²) >= 11 is 0. The van der Waals surface area contributed by atoms with Crippen molar-refractivity contribution in [3.05, 3.63) is 71.8 Å². The monoisotopic (exact) mass is 254 g/mol. The van der Waals surface area contributed by atoms with E-state index >= 15 is 0 Å². The van der Waals surface area contributed by atoms with Gasteiger partial charge in [-0.3, -0.25) is 0 Å². The summed E-state index contributed by atoms with van der Waals surface area (Å²) in [6.07, 6.45) is 9.61. The van der Waals surface area contributed by atoms with E-state index in [1.54, 1.807) is 0 Å². The lowest BCUT2D eigenvalue weighted by Gasteiger charge is -2.16. The molecule has 0 aliphatic heterocycles. The summed E-state index contributed by atoms with van der Waals surface area (Å²) in [5.41, 5.74) is 4.07. The van der Waals surface area contributed by atoms with Gasteiger partial charge in [0.25, 0.3) is 0 Å². The average molecular weight is 254 g/mol. The number of benzene rings is 1. The normalized spacial score (nSPS) is 15.5. The molecular weight excluding hydrogens is 228 g/mol. The van der Waals surface area contributed by atoms with Gasteiger partial charge in [-0.1, -0.05) is 87.9 Å². The first kappa shape index (κ1) is 15.5. The molecule has 0 aromatic heterocycles. The van der Waals surface area contributed by atoms with E-state index in [1.807, 2.05) is 12.2 Å². The van der Waals surface area contributed by atoms with Crippen LogP contribution in [-0.4, -0.2) is 0 Å². The lowest BCUT2D eigenvalue weighted by Crippen LogP contribution is -1.99. The van der Waals surface area contributed by atoms with Gasteiger partial charge in [-0.15, -0.1) is 0 Å². The maximum atomic E-state index is 3.76. The van der Waals surface area contributed by atoms with E-state index in [4.69, 9.17) is 0 Å². The van der Waals surface area contributed by atoms with Crippen molar-refractivity contribution in [2.45, 2.75) is 40.0 Å². The summed E-state index contributed by atoms with van der Waals surface area (Å²) in [6.45, 7) is 12.7. The molecule has 0 radical (unpaired) electrons. The molecule has 19 heavy (non-hydrogen) atoms. The molecule has 102 valence electrons. The fraction of sp³-hybridized carbons (Fsp3) is 0.368. The molecule has 2 unspecified atom stereocenters. The van der Waals surface area contributed by atoms with Crippen LogP contribution in [0.15, 0.2) is 60.7 Å². The Balaban J connectivity index is 3.06. The van der Waals surface area contributed by atoms with Crippen LogP contribution >= 0.6 is 0 Å². The third kappa shape index (κ3) is 4.90. The second-order valence-corrected chi connectivity index (χ2v) is 5.28. The molecule has 0 aliphatic rings. The summed E-state index contributed by atoms with van der Waals surface area (Å²) in [6, 6.07) is 8.77. The van der Waals surface area contributed by atoms with Gasteiger partial charge >= 0.3 is 0 Å². The standard InChI is InChI=1S/C19H26/c1-6-8-11-18(13-15(3)7-2)17(5)19-12-9-10-16(4)14-19/h6,8-15,17H,1,7H2,2-5H3/b11-8-,18-13+. The number of hydrogen-bond acceptors (Lipinski definition) is 0. The molecule has 0 heterocycles. The second kappa shape index (κ2) is 7.78. The van der Waals surface area contributed by atoms with E-state index in [-0.39, 0.29) is 0 Å². The van der Waals surface area contributed by atoms with Gasteiger partial charge in [0.05, 0.1) is 0 Å². The molecule has 1 aromatic rings. The molecule has 0 aliphatic carbocycles. The quantitative estimate of drug-likeness (QED) is 0.562. The Morgan fingerprint density at radius 1 is 1.32 bits per heavy atom. The van der Waals surface area contributed by atoms with Gasteiger partial charge in [0.1, 0.15) is 0 Å². The average Bonchev–Trinajstić information content (AvgIpc) is 2.42. The minimum Gasteiger partial charge on any atom is -0.0991 e. The SMILES string of the molecule is C=C/C=C\C(=C/C(C)CC)C(C)c1cccc(C)c1. The van der Waals surface area contributed by atoms with Crippen molar-refractivity contribution < 1.29 is 0 Å². The Morgan fingerprint density at radius 3 is 2.63 bits per heavy atom. The third-order valence-electron chi connectivity index (χ3n) is 3.59. The zero-order valence-electron chi connectivity index (χ0n) is 12.7. The van der Waals surface area contributed by atoms with E-state index in [0.717, 1.165) is 0 Å². The maximum absolute atomic E-state index is 3.76. The molecule has 0 fully saturated rings. The highest BCUT2D eigenvalue weighted by Gasteiger charge is 2.10. The lowest BCUT2D eigenvalue weighted by molar-refractivity contribution is 0.687. The Morgan fingerprint density at radius 2 is 2.05 bits per heavy atom. The molecule has 0 N–H and O–H groups in total. The van der Waals surface area contributed by atoms with Crippen molar-refractivity contribution in [3.8, 4) is 0 Å². The maximum Gasteiger partial charge on any atom is 0.00580 e. The van der Waals surface area contributed by atoms with Gasteiger partial charge in [0.15, 0.2) is 0 Å². The summed E-state index contributed by atoms with van der Waals surface area (Å²) in [4.78, 5) is 0. The van der Waals surface area contributed by atoms with Crippen molar-refractivity contribution in [1.82, 2.24) is 0 Å². The van der Waals surface area contributed by atoms with Gasteiger partial charge < -0.3 is 0 Å². The molecule has 0 bridgehead atoms. The molecular formula is C19H26. The molecule has 0 saturated carbocycles. The van der Waals surface area contributed by atoms with Crippen LogP contribution in [0, 0.1) is 12.8 Å². The largest absolute Gasteiger partial charge is 0.0991 e. The van der Waals surface area contributed by atoms with Gasteiger partial charge in [-0.2, -0.15) is 0 Å². The van der Waals surface area contributed by atoms with E-state index < -0.39 is 0 Å². The Labute approximate surface area is 118 Å². The molecule has 0 amide bonds. The zero-order valence-corrected chi connectivity index (χ0v) is 12.7. The summed E-state index contributed by atoms with van der Waals surface area (Å²) in [5, 5.41) is 0. The van der Waals surface area contributed by atoms with Gasteiger partial charge in [0, 0.05) is 5.92 Å². The van der Waals surface area contributed by atoms with Gasteiger partial charge in [-0.25, -0.2) is 0 Å². The number of rotatable bonds is 6. The van der Waals surface area contributed by atoms with Crippen molar-refractivity contribution in [2.24, 2.45) is 5.92 Å². The summed E-state index contributed by atoms with van der Waals surface area (Å²) < 4.78 is 0. The van der Waals surface area contributed by atoms with Crippen LogP contribution in [0.25, 0.3) is 0 Å². The highest BCUT2D eigenvalue weighted by atomic mass is 14.1. The van der Waals surface area contributed by atoms with Crippen LogP contribution in [0.3, 0.4) is 0 Å². The fourth-order valence-electron chi connectivity index (χ4n) is 2.10. The number of hydrogen-bond donors (Lipinski definition) is 0. The zero-order chi connectivity index (χ0) is 14.3. The fourth-order valence-corrected chi connectivity index (χ4v) is 2.10. The van der Waals surface area contributed by atoms with Crippen LogP contribution in [0.5, 0.6) is 0 Å². The van der Waals surface area contributed by atoms with E-state index in [2.05, 4.69) is 70.7 Å². The summed E-state index contributed by atoms with van der Waals surface area (Å²) in [5.74, 6) is 1.03. The third-order valence-corrected chi connectivity index (χ3v) is 3.59. The first-order valence-electron chi connectivity index (χ1n) is 7.15. The highest BCUT2D eigenvalue weighted by molar-refractivity contribution is 5.37. The molecule has 0 saturated heterocycles. The molecule has 0 nitrogen and oxygen atoms in total. The Kier molecular flexibility index (Phi) is 6.35. The van der Waals surface area contributed by atoms with Crippen LogP contribution in [0.1, 0.15) is 44.2 Å². The Hall–Kier alpha value is -1.56. The van der Waals surface area contributed by atoms with Crippen molar-refractivity contribution in [1.29, 1.82) is 0 Å². The topological polar surface area (TPSA) is 0 Å². The number of aryl methyl sites for hydroxylation is 1. The first-order chi connectivity index (χ1) is 9.08. The predicted molar refractivity (Wildman–Crippen MR) is 86.5 cm³/mol. The minimum atomic E-state index is 0.421. The predicted octanol–water partition coefficient (Wildman–Crippen LogP) is 5.81. The van der Waals surface area contributed by atoms with E-state index in [0.29, 0.717) is 11.8 Å². The summed E-state index contributed by atoms with van der Waals surface area (Å²) in [7, 11) is 0. The van der Waals surface area contributed by atoms with Crippen LogP contribution in [0.4, 0.5) is 0 Å². The first-order valence-corrected chi connectivity index (χ1v) is 7.15. The second-order valence-electron chi connectivity index (χ2n) is 5.28. The van der Waals surface area contributed by atoms with E-state index in [9.17, 15) is 0 Å². The molecule has 0 heteroatoms. The number of allylic oxidation sites excluding steroid dienone is 5. The van der Waals surface area contributed by atoms with Crippen molar-refractivity contribution in [3.63, 3.8) is 0 Å². The smallest absolute Gasteiger partial charge is 0.00580 e. The van der Waals surface area contributed by atoms with Crippen molar-refractivity contribution in [2.75, 3.05) is 0 Å².